The van der Waals surface area contributed by atoms with E-state index in [9.17, 15) is 8.42 Å². The average molecular weight is 387 g/mol. The Morgan fingerprint density at radius 3 is 2.89 bits per heavy atom. The lowest BCUT2D eigenvalue weighted by Gasteiger charge is -2.41. The molecular weight excluding hydrogens is 366 g/mol. The molecule has 8 nitrogen and oxygen atoms in total. The maximum Gasteiger partial charge on any atom is 0.180 e. The summed E-state index contributed by atoms with van der Waals surface area (Å²) >= 11 is 0. The lowest BCUT2D eigenvalue weighted by Crippen LogP contribution is -2.45. The van der Waals surface area contributed by atoms with E-state index in [4.69, 9.17) is 4.74 Å². The largest absolute Gasteiger partial charge is 0.495 e. The van der Waals surface area contributed by atoms with E-state index in [1.807, 2.05) is 19.3 Å². The minimum Gasteiger partial charge on any atom is -0.495 e. The molecule has 0 saturated heterocycles. The Bertz CT molecular complexity index is 1060. The Morgan fingerprint density at radius 1 is 1.30 bits per heavy atom. The zero-order valence-corrected chi connectivity index (χ0v) is 16.0. The first-order valence-electron chi connectivity index (χ1n) is 8.70. The molecule has 3 aromatic heterocycles. The fourth-order valence-electron chi connectivity index (χ4n) is 3.55. The molecular formula is C18H21N5O3S. The summed E-state index contributed by atoms with van der Waals surface area (Å²) in [4.78, 5) is 18.0. The van der Waals surface area contributed by atoms with Gasteiger partial charge in [-0.05, 0) is 24.8 Å². The molecule has 0 atom stereocenters. The monoisotopic (exact) mass is 387 g/mol. The van der Waals surface area contributed by atoms with Gasteiger partial charge < -0.3 is 14.6 Å². The standard InChI is InChI=1S/C18H21N5O3S/c1-23(18-16-3-4-20-17(16)21-11-22-18)13-5-12(6-13)10-27(24,25)15-7-14(26-2)8-19-9-15/h3-4,7-9,11-13H,5-6,10H2,1-2H3,(H,20,21,22). The number of nitrogens with zero attached hydrogens (tertiary/aromatic N) is 4. The maximum atomic E-state index is 12.7. The normalized spacial score (nSPS) is 19.6. The molecule has 142 valence electrons. The summed E-state index contributed by atoms with van der Waals surface area (Å²) in [5, 5.41) is 0.971. The van der Waals surface area contributed by atoms with E-state index in [-0.39, 0.29) is 22.6 Å². The minimum absolute atomic E-state index is 0.121. The number of hydrogen-bond acceptors (Lipinski definition) is 7. The maximum absolute atomic E-state index is 12.7. The second-order valence-electron chi connectivity index (χ2n) is 6.88. The van der Waals surface area contributed by atoms with Crippen LogP contribution in [0.1, 0.15) is 12.8 Å². The van der Waals surface area contributed by atoms with Crippen molar-refractivity contribution < 1.29 is 13.2 Å². The number of aromatic amines is 1. The van der Waals surface area contributed by atoms with Crippen molar-refractivity contribution >= 4 is 26.7 Å². The summed E-state index contributed by atoms with van der Waals surface area (Å²) in [6.07, 6.45) is 7.88. The second-order valence-corrected chi connectivity index (χ2v) is 8.92. The Labute approximate surface area is 157 Å². The summed E-state index contributed by atoms with van der Waals surface area (Å²) in [6, 6.07) is 3.74. The molecule has 1 saturated carbocycles. The third kappa shape index (κ3) is 3.34. The molecule has 4 rings (SSSR count). The van der Waals surface area contributed by atoms with Gasteiger partial charge in [-0.2, -0.15) is 0 Å². The number of rotatable bonds is 6. The molecule has 0 spiro atoms. The van der Waals surface area contributed by atoms with Gasteiger partial charge in [0.05, 0.1) is 29.3 Å². The van der Waals surface area contributed by atoms with Crippen molar-refractivity contribution in [2.45, 2.75) is 23.8 Å². The molecule has 0 amide bonds. The molecule has 1 aliphatic carbocycles. The van der Waals surface area contributed by atoms with E-state index in [0.29, 0.717) is 5.75 Å². The number of sulfone groups is 1. The van der Waals surface area contributed by atoms with Gasteiger partial charge in [-0.25, -0.2) is 18.4 Å². The summed E-state index contributed by atoms with van der Waals surface area (Å²) in [5.74, 6) is 1.55. The molecule has 0 bridgehead atoms. The van der Waals surface area contributed by atoms with Crippen molar-refractivity contribution in [3.05, 3.63) is 37.1 Å². The smallest absolute Gasteiger partial charge is 0.180 e. The van der Waals surface area contributed by atoms with Crippen molar-refractivity contribution in [3.63, 3.8) is 0 Å². The van der Waals surface area contributed by atoms with E-state index in [2.05, 4.69) is 24.8 Å². The molecule has 0 unspecified atom stereocenters. The van der Waals surface area contributed by atoms with Crippen LogP contribution in [0, 0.1) is 5.92 Å². The first-order valence-corrected chi connectivity index (χ1v) is 10.4. The fraction of sp³-hybridized carbons (Fsp3) is 0.389. The molecule has 9 heteroatoms. The molecule has 0 radical (unpaired) electrons. The predicted molar refractivity (Wildman–Crippen MR) is 102 cm³/mol. The lowest BCUT2D eigenvalue weighted by molar-refractivity contribution is 0.282. The van der Waals surface area contributed by atoms with Crippen molar-refractivity contribution in [1.29, 1.82) is 0 Å². The van der Waals surface area contributed by atoms with Crippen LogP contribution < -0.4 is 9.64 Å². The summed E-state index contributed by atoms with van der Waals surface area (Å²) in [7, 11) is 0.107. The van der Waals surface area contributed by atoms with Gasteiger partial charge in [0.1, 0.15) is 23.5 Å². The van der Waals surface area contributed by atoms with Crippen molar-refractivity contribution in [2.24, 2.45) is 5.92 Å². The van der Waals surface area contributed by atoms with Crippen molar-refractivity contribution in [3.8, 4) is 5.75 Å². The van der Waals surface area contributed by atoms with Crippen molar-refractivity contribution in [1.82, 2.24) is 19.9 Å². The summed E-state index contributed by atoms with van der Waals surface area (Å²) in [6.45, 7) is 0. The quantitative estimate of drug-likeness (QED) is 0.691. The van der Waals surface area contributed by atoms with E-state index in [1.165, 1.54) is 25.6 Å². The molecule has 3 heterocycles. The van der Waals surface area contributed by atoms with E-state index < -0.39 is 9.84 Å². The van der Waals surface area contributed by atoms with Crippen LogP contribution in [0.4, 0.5) is 5.82 Å². The Kier molecular flexibility index (Phi) is 4.47. The predicted octanol–water partition coefficient (Wildman–Crippen LogP) is 2.05. The number of methoxy groups -OCH3 is 1. The van der Waals surface area contributed by atoms with Crippen LogP contribution in [-0.4, -0.2) is 54.3 Å². The fourth-order valence-corrected chi connectivity index (χ4v) is 5.16. The van der Waals surface area contributed by atoms with Crippen LogP contribution >= 0.6 is 0 Å². The molecule has 1 N–H and O–H groups in total. The van der Waals surface area contributed by atoms with E-state index in [0.717, 1.165) is 29.7 Å². The van der Waals surface area contributed by atoms with Crippen LogP contribution in [0.2, 0.25) is 0 Å². The highest BCUT2D eigenvalue weighted by Gasteiger charge is 2.36. The van der Waals surface area contributed by atoms with Crippen LogP contribution in [0.3, 0.4) is 0 Å². The SMILES string of the molecule is COc1cncc(S(=O)(=O)CC2CC(N(C)c3ncnc4[nH]ccc34)C2)c1. The number of hydrogen-bond donors (Lipinski definition) is 1. The van der Waals surface area contributed by atoms with Crippen LogP contribution in [0.15, 0.2) is 41.9 Å². The first-order chi connectivity index (χ1) is 13.0. The molecule has 3 aromatic rings. The Hall–Kier alpha value is -2.68. The number of fused-ring (bicyclic) bond motifs is 1. The zero-order chi connectivity index (χ0) is 19.0. The number of H-pyrrole nitrogens is 1. The van der Waals surface area contributed by atoms with Gasteiger partial charge in [0.2, 0.25) is 0 Å². The number of nitrogens with one attached hydrogen (secondary N) is 1. The topological polar surface area (TPSA) is 101 Å². The van der Waals surface area contributed by atoms with Crippen molar-refractivity contribution in [2.75, 3.05) is 24.8 Å². The van der Waals surface area contributed by atoms with Gasteiger partial charge in [-0.3, -0.25) is 4.98 Å². The molecule has 27 heavy (non-hydrogen) atoms. The minimum atomic E-state index is -3.38. The molecule has 0 aliphatic heterocycles. The zero-order valence-electron chi connectivity index (χ0n) is 15.2. The highest BCUT2D eigenvalue weighted by atomic mass is 32.2. The van der Waals surface area contributed by atoms with Crippen LogP contribution in [0.5, 0.6) is 5.75 Å². The third-order valence-electron chi connectivity index (χ3n) is 5.16. The Morgan fingerprint density at radius 2 is 2.11 bits per heavy atom. The van der Waals surface area contributed by atoms with Gasteiger partial charge >= 0.3 is 0 Å². The molecule has 0 aromatic carbocycles. The highest BCUT2D eigenvalue weighted by Crippen LogP contribution is 2.36. The number of ether oxygens (including phenoxy) is 1. The van der Waals surface area contributed by atoms with Gasteiger partial charge in [0, 0.05) is 31.5 Å². The number of aromatic nitrogens is 4. The Balaban J connectivity index is 1.42. The second kappa shape index (κ2) is 6.80. The summed E-state index contributed by atoms with van der Waals surface area (Å²) in [5.41, 5.74) is 0.802. The number of pyridine rings is 1. The van der Waals surface area contributed by atoms with Crippen LogP contribution in [-0.2, 0) is 9.84 Å². The molecule has 1 aliphatic rings. The van der Waals surface area contributed by atoms with Gasteiger partial charge in [0.25, 0.3) is 0 Å². The van der Waals surface area contributed by atoms with Gasteiger partial charge in [0.15, 0.2) is 9.84 Å². The highest BCUT2D eigenvalue weighted by molar-refractivity contribution is 7.91. The first kappa shape index (κ1) is 17.7. The van der Waals surface area contributed by atoms with E-state index in [1.54, 1.807) is 6.33 Å². The molecule has 1 fully saturated rings. The third-order valence-corrected chi connectivity index (χ3v) is 7.02. The van der Waals surface area contributed by atoms with Gasteiger partial charge in [-0.15, -0.1) is 0 Å². The van der Waals surface area contributed by atoms with E-state index >= 15 is 0 Å². The lowest BCUT2D eigenvalue weighted by atomic mass is 9.81. The number of anilines is 1. The summed E-state index contributed by atoms with van der Waals surface area (Å²) < 4.78 is 30.4. The van der Waals surface area contributed by atoms with Gasteiger partial charge in [-0.1, -0.05) is 0 Å². The van der Waals surface area contributed by atoms with Crippen LogP contribution in [0.25, 0.3) is 11.0 Å². The average Bonchev–Trinajstić information content (AvgIpc) is 3.12.